The number of nitrogens with two attached hydrogens (primary N) is 1. The molecule has 128 valence electrons. The molecule has 3 heterocycles. The van der Waals surface area contributed by atoms with Gasteiger partial charge in [0.1, 0.15) is 0 Å². The average molecular weight is 333 g/mol. The van der Waals surface area contributed by atoms with E-state index in [0.29, 0.717) is 18.1 Å². The summed E-state index contributed by atoms with van der Waals surface area (Å²) in [6.07, 6.45) is 3.16. The van der Waals surface area contributed by atoms with Crippen LogP contribution in [0.25, 0.3) is 11.7 Å². The highest BCUT2D eigenvalue weighted by Gasteiger charge is 2.26. The molecule has 0 saturated carbocycles. The Labute approximate surface area is 138 Å². The van der Waals surface area contributed by atoms with Crippen LogP contribution in [0.4, 0.5) is 0 Å². The number of amides is 2. The maximum absolute atomic E-state index is 12.3. The fraction of sp³-hybridized carbons (Fsp3) is 0.467. The van der Waals surface area contributed by atoms with Gasteiger partial charge in [0.05, 0.1) is 25.3 Å². The van der Waals surface area contributed by atoms with Gasteiger partial charge in [0.15, 0.2) is 11.6 Å². The lowest BCUT2D eigenvalue weighted by Crippen LogP contribution is -2.45. The molecule has 9 nitrogen and oxygen atoms in total. The summed E-state index contributed by atoms with van der Waals surface area (Å²) < 4.78 is 10.3. The molecular weight excluding hydrogens is 314 g/mol. The predicted molar refractivity (Wildman–Crippen MR) is 82.2 cm³/mol. The van der Waals surface area contributed by atoms with Gasteiger partial charge in [-0.3, -0.25) is 14.5 Å². The number of furan rings is 1. The van der Waals surface area contributed by atoms with Crippen molar-refractivity contribution in [3.8, 4) is 11.7 Å². The van der Waals surface area contributed by atoms with Gasteiger partial charge in [0.25, 0.3) is 5.89 Å². The third kappa shape index (κ3) is 3.99. The molecule has 1 saturated heterocycles. The molecule has 3 rings (SSSR count). The van der Waals surface area contributed by atoms with Crippen molar-refractivity contribution in [1.29, 1.82) is 0 Å². The maximum atomic E-state index is 12.3. The predicted octanol–water partition coefficient (Wildman–Crippen LogP) is 0.143. The molecular formula is C15H19N5O4. The van der Waals surface area contributed by atoms with E-state index in [1.165, 1.54) is 6.26 Å². The molecule has 0 aromatic carbocycles. The molecule has 1 fully saturated rings. The molecule has 1 aliphatic heterocycles. The normalized spacial score (nSPS) is 18.4. The molecule has 1 aliphatic rings. The molecule has 9 heteroatoms. The van der Waals surface area contributed by atoms with Crippen LogP contribution in [-0.4, -0.2) is 46.5 Å². The van der Waals surface area contributed by atoms with Gasteiger partial charge in [-0.2, -0.15) is 4.98 Å². The number of nitrogens with one attached hydrogen (secondary N) is 1. The van der Waals surface area contributed by atoms with Crippen molar-refractivity contribution in [2.45, 2.75) is 19.4 Å². The Bertz CT molecular complexity index is 697. The summed E-state index contributed by atoms with van der Waals surface area (Å²) in [6, 6.07) is 3.44. The molecule has 2 aromatic rings. The molecule has 0 radical (unpaired) electrons. The van der Waals surface area contributed by atoms with Crippen LogP contribution in [0.2, 0.25) is 0 Å². The number of hydrogen-bond donors (Lipinski definition) is 2. The van der Waals surface area contributed by atoms with E-state index >= 15 is 0 Å². The van der Waals surface area contributed by atoms with Crippen LogP contribution in [0.3, 0.4) is 0 Å². The summed E-state index contributed by atoms with van der Waals surface area (Å²) >= 11 is 0. The van der Waals surface area contributed by atoms with Crippen molar-refractivity contribution in [2.24, 2.45) is 11.7 Å². The second-order valence-electron chi connectivity index (χ2n) is 5.75. The Hall–Kier alpha value is -2.68. The van der Waals surface area contributed by atoms with E-state index in [4.69, 9.17) is 14.7 Å². The summed E-state index contributed by atoms with van der Waals surface area (Å²) in [5.41, 5.74) is 5.21. The molecule has 0 unspecified atom stereocenters. The fourth-order valence-corrected chi connectivity index (χ4v) is 2.77. The van der Waals surface area contributed by atoms with E-state index in [1.807, 2.05) is 4.90 Å². The lowest BCUT2D eigenvalue weighted by Gasteiger charge is -2.30. The van der Waals surface area contributed by atoms with E-state index in [-0.39, 0.29) is 36.7 Å². The summed E-state index contributed by atoms with van der Waals surface area (Å²) in [5, 5.41) is 6.61. The molecule has 24 heavy (non-hydrogen) atoms. The van der Waals surface area contributed by atoms with Gasteiger partial charge in [0.2, 0.25) is 11.8 Å². The van der Waals surface area contributed by atoms with Crippen LogP contribution >= 0.6 is 0 Å². The van der Waals surface area contributed by atoms with E-state index < -0.39 is 0 Å². The third-order valence-corrected chi connectivity index (χ3v) is 3.88. The SMILES string of the molecule is NC(=O)CN1CCC[C@@H](C(=O)NCc2noc(-c3ccco3)n2)C1. The van der Waals surface area contributed by atoms with E-state index in [0.717, 1.165) is 19.4 Å². The largest absolute Gasteiger partial charge is 0.459 e. The zero-order chi connectivity index (χ0) is 16.9. The zero-order valence-electron chi connectivity index (χ0n) is 13.1. The summed E-state index contributed by atoms with van der Waals surface area (Å²) in [6.45, 7) is 1.67. The van der Waals surface area contributed by atoms with Crippen molar-refractivity contribution in [3.05, 3.63) is 24.2 Å². The number of likely N-dealkylation sites (tertiary alicyclic amines) is 1. The van der Waals surface area contributed by atoms with Crippen LogP contribution in [0.15, 0.2) is 27.3 Å². The topological polar surface area (TPSA) is 127 Å². The number of piperidine rings is 1. The first-order chi connectivity index (χ1) is 11.6. The first kappa shape index (κ1) is 16.2. The standard InChI is InChI=1S/C15H19N5O4/c16-12(21)9-20-5-1-3-10(8-20)14(22)17-7-13-18-15(24-19-13)11-4-2-6-23-11/h2,4,6,10H,1,3,5,7-9H2,(H2,16,21)(H,17,22)/t10-/m1/s1. The van der Waals surface area contributed by atoms with E-state index in [1.54, 1.807) is 12.1 Å². The lowest BCUT2D eigenvalue weighted by atomic mass is 9.97. The molecule has 0 bridgehead atoms. The van der Waals surface area contributed by atoms with Crippen molar-refractivity contribution in [2.75, 3.05) is 19.6 Å². The molecule has 2 amide bonds. The summed E-state index contributed by atoms with van der Waals surface area (Å²) in [5.74, 6) is 0.486. The maximum Gasteiger partial charge on any atom is 0.293 e. The highest BCUT2D eigenvalue weighted by molar-refractivity contribution is 5.79. The number of primary amides is 1. The molecule has 2 aromatic heterocycles. The van der Waals surface area contributed by atoms with Gasteiger partial charge < -0.3 is 20.0 Å². The monoisotopic (exact) mass is 333 g/mol. The van der Waals surface area contributed by atoms with Crippen molar-refractivity contribution in [3.63, 3.8) is 0 Å². The molecule has 3 N–H and O–H groups in total. The number of carbonyl (C=O) groups is 2. The summed E-state index contributed by atoms with van der Waals surface area (Å²) in [4.78, 5) is 29.3. The number of hydrogen-bond acceptors (Lipinski definition) is 7. The number of carbonyl (C=O) groups excluding carboxylic acids is 2. The second-order valence-corrected chi connectivity index (χ2v) is 5.75. The third-order valence-electron chi connectivity index (χ3n) is 3.88. The van der Waals surface area contributed by atoms with Crippen LogP contribution in [0.1, 0.15) is 18.7 Å². The Kier molecular flexibility index (Phi) is 4.90. The van der Waals surface area contributed by atoms with E-state index in [9.17, 15) is 9.59 Å². The van der Waals surface area contributed by atoms with Crippen LogP contribution < -0.4 is 11.1 Å². The highest BCUT2D eigenvalue weighted by Crippen LogP contribution is 2.18. The van der Waals surface area contributed by atoms with Crippen LogP contribution in [0.5, 0.6) is 0 Å². The minimum atomic E-state index is -0.381. The fourth-order valence-electron chi connectivity index (χ4n) is 2.77. The smallest absolute Gasteiger partial charge is 0.293 e. The highest BCUT2D eigenvalue weighted by atomic mass is 16.5. The first-order valence-electron chi connectivity index (χ1n) is 7.76. The van der Waals surface area contributed by atoms with Gasteiger partial charge in [-0.25, -0.2) is 0 Å². The number of nitrogens with zero attached hydrogens (tertiary/aromatic N) is 3. The van der Waals surface area contributed by atoms with Crippen molar-refractivity contribution in [1.82, 2.24) is 20.4 Å². The van der Waals surface area contributed by atoms with Crippen molar-refractivity contribution >= 4 is 11.8 Å². The van der Waals surface area contributed by atoms with Gasteiger partial charge in [-0.05, 0) is 31.5 Å². The lowest BCUT2D eigenvalue weighted by molar-refractivity contribution is -0.128. The number of rotatable bonds is 6. The second kappa shape index (κ2) is 7.26. The van der Waals surface area contributed by atoms with Crippen molar-refractivity contribution < 1.29 is 18.5 Å². The quantitative estimate of drug-likeness (QED) is 0.769. The Morgan fingerprint density at radius 2 is 2.33 bits per heavy atom. The number of aromatic nitrogens is 2. The molecule has 1 atom stereocenters. The van der Waals surface area contributed by atoms with Gasteiger partial charge in [0, 0.05) is 6.54 Å². The Balaban J connectivity index is 1.51. The van der Waals surface area contributed by atoms with Gasteiger partial charge in [-0.15, -0.1) is 0 Å². The minimum Gasteiger partial charge on any atom is -0.459 e. The van der Waals surface area contributed by atoms with Crippen LogP contribution in [0, 0.1) is 5.92 Å². The van der Waals surface area contributed by atoms with Gasteiger partial charge >= 0.3 is 0 Å². The molecule has 0 spiro atoms. The first-order valence-corrected chi connectivity index (χ1v) is 7.76. The Morgan fingerprint density at radius 3 is 3.08 bits per heavy atom. The Morgan fingerprint density at radius 1 is 1.46 bits per heavy atom. The molecule has 0 aliphatic carbocycles. The van der Waals surface area contributed by atoms with Gasteiger partial charge in [-0.1, -0.05) is 5.16 Å². The summed E-state index contributed by atoms with van der Waals surface area (Å²) in [7, 11) is 0. The van der Waals surface area contributed by atoms with E-state index in [2.05, 4.69) is 15.5 Å². The average Bonchev–Trinajstić information content (AvgIpc) is 3.23. The van der Waals surface area contributed by atoms with Crippen LogP contribution in [-0.2, 0) is 16.1 Å². The minimum absolute atomic E-state index is 0.0893. The zero-order valence-corrected chi connectivity index (χ0v) is 13.1.